The Morgan fingerprint density at radius 1 is 1.04 bits per heavy atom. The van der Waals surface area contributed by atoms with Crippen LogP contribution in [0.5, 0.6) is 5.75 Å². The van der Waals surface area contributed by atoms with Crippen LogP contribution in [0.4, 0.5) is 11.4 Å². The molecule has 9 nitrogen and oxygen atoms in total. The number of carbonyl (C=O) groups is 3. The molecule has 5 atom stereocenters. The van der Waals surface area contributed by atoms with Gasteiger partial charge >= 0.3 is 0 Å². The maximum atomic E-state index is 15.0. The molecular weight excluding hydrogens is 623 g/mol. The molecule has 4 heterocycles. The van der Waals surface area contributed by atoms with E-state index < -0.39 is 19.8 Å². The summed E-state index contributed by atoms with van der Waals surface area (Å²) in [5, 5.41) is 11.2. The van der Waals surface area contributed by atoms with Gasteiger partial charge in [-0.05, 0) is 54.3 Å². The normalized spacial score (nSPS) is 26.7. The first-order valence-corrected chi connectivity index (χ1v) is 20.2. The van der Waals surface area contributed by atoms with E-state index in [4.69, 9.17) is 9.47 Å². The topological polar surface area (TPSA) is 99.6 Å². The van der Waals surface area contributed by atoms with Crippen molar-refractivity contribution in [3.8, 4) is 5.75 Å². The number of likely N-dealkylation sites (tertiary alicyclic amines) is 1. The lowest BCUT2D eigenvalue weighted by molar-refractivity contribution is -0.150. The summed E-state index contributed by atoms with van der Waals surface area (Å²) < 4.78 is 12.6. The largest absolute Gasteiger partial charge is 0.497 e. The molecule has 3 saturated heterocycles. The average molecular weight is 668 g/mol. The van der Waals surface area contributed by atoms with Crippen LogP contribution in [0.3, 0.4) is 0 Å². The van der Waals surface area contributed by atoms with Crippen LogP contribution in [-0.4, -0.2) is 74.8 Å². The van der Waals surface area contributed by atoms with E-state index in [1.54, 1.807) is 12.0 Å². The van der Waals surface area contributed by atoms with Gasteiger partial charge in [0.05, 0.1) is 52.6 Å². The van der Waals surface area contributed by atoms with Crippen molar-refractivity contribution in [3.05, 3.63) is 83.9 Å². The minimum atomic E-state index is -2.41. The van der Waals surface area contributed by atoms with Crippen LogP contribution in [0.15, 0.2) is 72.8 Å². The molecule has 7 rings (SSSR count). The molecule has 0 radical (unpaired) electrons. The monoisotopic (exact) mass is 667 g/mol. The summed E-state index contributed by atoms with van der Waals surface area (Å²) in [4.78, 5) is 46.6. The fourth-order valence-corrected chi connectivity index (χ4v) is 12.9. The van der Waals surface area contributed by atoms with Gasteiger partial charge in [-0.15, -0.1) is 0 Å². The predicted molar refractivity (Wildman–Crippen MR) is 187 cm³/mol. The van der Waals surface area contributed by atoms with E-state index in [1.807, 2.05) is 70.5 Å². The summed E-state index contributed by atoms with van der Waals surface area (Å²) in [7, 11) is -0.757. The van der Waals surface area contributed by atoms with E-state index >= 15 is 4.79 Å². The number of anilines is 2. The number of hydrogen-bond acceptors (Lipinski definition) is 6. The Labute approximate surface area is 283 Å². The number of benzene rings is 3. The second-order valence-corrected chi connectivity index (χ2v) is 19.0. The number of methoxy groups -OCH3 is 1. The molecule has 0 aliphatic carbocycles. The number of fused-ring (bicyclic) bond motifs is 2. The fraction of sp³-hybridized carbons (Fsp3) is 0.447. The number of β-lactam (4-membered cyclic amide) rings is 1. The van der Waals surface area contributed by atoms with Crippen molar-refractivity contribution >= 4 is 42.4 Å². The van der Waals surface area contributed by atoms with Crippen molar-refractivity contribution in [3.63, 3.8) is 0 Å². The Balaban J connectivity index is 1.27. The summed E-state index contributed by atoms with van der Waals surface area (Å²) in [6, 6.07) is 23.8. The lowest BCUT2D eigenvalue weighted by Crippen LogP contribution is -2.52. The third-order valence-corrected chi connectivity index (χ3v) is 15.8. The van der Waals surface area contributed by atoms with E-state index in [1.165, 1.54) is 5.19 Å². The Hall–Kier alpha value is -3.99. The number of ether oxygens (including phenoxy) is 2. The number of amides is 3. The highest BCUT2D eigenvalue weighted by Gasteiger charge is 2.66. The highest BCUT2D eigenvalue weighted by Crippen LogP contribution is 2.60. The maximum Gasteiger partial charge on any atom is 0.264 e. The van der Waals surface area contributed by atoms with Crippen molar-refractivity contribution in [1.29, 1.82) is 0 Å². The number of hydrogen-bond donors (Lipinski definition) is 1. The third kappa shape index (κ3) is 5.16. The molecule has 3 aromatic rings. The number of aliphatic hydroxyl groups is 1. The van der Waals surface area contributed by atoms with Crippen molar-refractivity contribution in [2.24, 2.45) is 5.92 Å². The lowest BCUT2D eigenvalue weighted by atomic mass is 9.82. The van der Waals surface area contributed by atoms with Gasteiger partial charge in [0.2, 0.25) is 11.8 Å². The molecule has 0 unspecified atom stereocenters. The van der Waals surface area contributed by atoms with Crippen LogP contribution in [0.2, 0.25) is 18.6 Å². The second-order valence-electron chi connectivity index (χ2n) is 14.3. The van der Waals surface area contributed by atoms with E-state index in [9.17, 15) is 14.7 Å². The zero-order valence-corrected chi connectivity index (χ0v) is 29.2. The molecular formula is C38H45N3O6Si. The molecule has 1 spiro atoms. The molecule has 0 saturated carbocycles. The van der Waals surface area contributed by atoms with Crippen molar-refractivity contribution in [2.45, 2.75) is 75.5 Å². The zero-order chi connectivity index (χ0) is 33.8. The highest BCUT2D eigenvalue weighted by atomic mass is 28.3. The number of para-hydroxylation sites is 1. The maximum absolute atomic E-state index is 15.0. The fourth-order valence-electron chi connectivity index (χ4n) is 8.86. The zero-order valence-electron chi connectivity index (χ0n) is 28.2. The summed E-state index contributed by atoms with van der Waals surface area (Å²) in [5.41, 5.74) is 2.11. The van der Waals surface area contributed by atoms with Gasteiger partial charge in [-0.3, -0.25) is 14.4 Å². The number of carbonyl (C=O) groups excluding carboxylic acids is 3. The van der Waals surface area contributed by atoms with E-state index in [2.05, 4.69) is 32.2 Å². The quantitative estimate of drug-likeness (QED) is 0.265. The van der Waals surface area contributed by atoms with Crippen LogP contribution in [0.1, 0.15) is 43.7 Å². The molecule has 0 bridgehead atoms. The summed E-state index contributed by atoms with van der Waals surface area (Å²) in [6.45, 7) is 8.37. The Morgan fingerprint density at radius 3 is 2.50 bits per heavy atom. The summed E-state index contributed by atoms with van der Waals surface area (Å²) in [5.74, 6) is 0.518. The van der Waals surface area contributed by atoms with Crippen LogP contribution < -0.4 is 19.7 Å². The van der Waals surface area contributed by atoms with E-state index in [-0.39, 0.29) is 48.3 Å². The average Bonchev–Trinajstić information content (AvgIpc) is 3.75. The van der Waals surface area contributed by atoms with Gasteiger partial charge in [-0.2, -0.15) is 0 Å². The molecule has 4 aliphatic rings. The predicted octanol–water partition coefficient (Wildman–Crippen LogP) is 4.57. The number of rotatable bonds is 9. The van der Waals surface area contributed by atoms with Crippen LogP contribution >= 0.6 is 0 Å². The minimum absolute atomic E-state index is 0.0294. The first kappa shape index (κ1) is 32.5. The van der Waals surface area contributed by atoms with Gasteiger partial charge in [0.25, 0.3) is 5.91 Å². The molecule has 48 heavy (non-hydrogen) atoms. The van der Waals surface area contributed by atoms with Crippen molar-refractivity contribution in [2.75, 3.05) is 36.6 Å². The Kier molecular flexibility index (Phi) is 8.46. The van der Waals surface area contributed by atoms with Gasteiger partial charge in [0.1, 0.15) is 5.75 Å². The molecule has 3 amide bonds. The van der Waals surface area contributed by atoms with Gasteiger partial charge in [0.15, 0.2) is 5.60 Å². The Morgan fingerprint density at radius 2 is 1.81 bits per heavy atom. The molecule has 4 aliphatic heterocycles. The molecule has 252 valence electrons. The molecule has 1 N–H and O–H groups in total. The molecule has 3 aromatic carbocycles. The van der Waals surface area contributed by atoms with Crippen LogP contribution in [0.25, 0.3) is 0 Å². The van der Waals surface area contributed by atoms with Crippen molar-refractivity contribution < 1.29 is 29.0 Å². The molecule has 0 aromatic heterocycles. The standard InChI is InChI=1S/C38H45N3O6Si/c1-25-36(48(3,4)30-16-14-29(46-2)15-17-30)33(22-35(44)39-19-8-11-28(39)24-42)47-38(25)31-12-5-6-13-32(31)41(37(38)45)23-26-9-7-10-27(21-26)40-20-18-34(40)43/h5-7,9-10,12-17,21,25,28,33,36,42H,8,11,18-20,22-24H2,1-4H3/t25-,28+,33+,36-,38+/m1/s1. The summed E-state index contributed by atoms with van der Waals surface area (Å²) >= 11 is 0. The molecule has 3 fully saturated rings. The second kappa shape index (κ2) is 12.5. The van der Waals surface area contributed by atoms with Gasteiger partial charge in [-0.25, -0.2) is 0 Å². The smallest absolute Gasteiger partial charge is 0.264 e. The lowest BCUT2D eigenvalue weighted by Gasteiger charge is -2.37. The van der Waals surface area contributed by atoms with E-state index in [0.29, 0.717) is 26.1 Å². The first-order chi connectivity index (χ1) is 23.1. The third-order valence-electron chi connectivity index (χ3n) is 11.4. The van der Waals surface area contributed by atoms with Gasteiger partial charge in [0, 0.05) is 36.7 Å². The van der Waals surface area contributed by atoms with Crippen LogP contribution in [0, 0.1) is 5.92 Å². The van der Waals surface area contributed by atoms with Gasteiger partial charge < -0.3 is 29.3 Å². The number of nitrogens with zero attached hydrogens (tertiary/aromatic N) is 3. The Bertz CT molecular complexity index is 1730. The number of aliphatic hydroxyl groups excluding tert-OH is 1. The van der Waals surface area contributed by atoms with Crippen molar-refractivity contribution in [1.82, 2.24) is 4.90 Å². The van der Waals surface area contributed by atoms with E-state index in [0.717, 1.165) is 41.1 Å². The highest BCUT2D eigenvalue weighted by molar-refractivity contribution is 6.91. The molecule has 10 heteroatoms. The summed E-state index contributed by atoms with van der Waals surface area (Å²) in [6.07, 6.45) is 1.87. The minimum Gasteiger partial charge on any atom is -0.497 e. The van der Waals surface area contributed by atoms with Gasteiger partial charge in [-0.1, -0.05) is 67.7 Å². The first-order valence-electron chi connectivity index (χ1n) is 17.1. The van der Waals surface area contributed by atoms with Crippen LogP contribution in [-0.2, 0) is 31.3 Å². The SMILES string of the molecule is COc1ccc([Si](C)(C)[C@H]2[C@H](CC(=O)N3CCC[C@H]3CO)O[C@@]3(C(=O)N(Cc4cccc(N5CCC5=O)c4)c4ccccc43)[C@@H]2C)cc1.